The zero-order valence-corrected chi connectivity index (χ0v) is 28.3. The van der Waals surface area contributed by atoms with Crippen LogP contribution in [0.15, 0.2) is 101 Å². The first-order valence-corrected chi connectivity index (χ1v) is 14.9. The number of fused-ring (bicyclic) bond motifs is 9. The molecular weight excluding hydrogens is 737 g/mol. The quantitative estimate of drug-likeness (QED) is 0.110. The van der Waals surface area contributed by atoms with E-state index in [0.29, 0.717) is 0 Å². The Labute approximate surface area is 274 Å². The van der Waals surface area contributed by atoms with Gasteiger partial charge in [-0.25, -0.2) is 0 Å². The smallest absolute Gasteiger partial charge is 0.155 e. The zero-order chi connectivity index (χ0) is 30.7. The van der Waals surface area contributed by atoms with Crippen molar-refractivity contribution in [1.29, 1.82) is 0 Å². The van der Waals surface area contributed by atoms with Gasteiger partial charge in [-0.3, -0.25) is 4.79 Å². The van der Waals surface area contributed by atoms with Gasteiger partial charge in [-0.2, -0.15) is 0 Å². The number of rotatable bonds is 3. The molecule has 0 aliphatic heterocycles. The Bertz CT molecular complexity index is 2390. The molecule has 8 aromatic rings. The van der Waals surface area contributed by atoms with E-state index >= 15 is 0 Å². The summed E-state index contributed by atoms with van der Waals surface area (Å²) in [6.45, 7) is 9.76. The molecular formula is C39H33IrN2O3-. The molecule has 0 saturated carbocycles. The third-order valence-electron chi connectivity index (χ3n) is 7.97. The molecule has 6 heteroatoms. The number of hydrogen-bond acceptors (Lipinski definition) is 4. The fourth-order valence-corrected chi connectivity index (χ4v) is 6.44. The van der Waals surface area contributed by atoms with Crippen molar-refractivity contribution >= 4 is 65.8 Å². The van der Waals surface area contributed by atoms with Crippen molar-refractivity contribution in [3.8, 4) is 11.3 Å². The molecule has 0 saturated heterocycles. The van der Waals surface area contributed by atoms with Gasteiger partial charge in [0.05, 0.1) is 11.3 Å². The van der Waals surface area contributed by atoms with Crippen molar-refractivity contribution < 1.29 is 34.4 Å². The van der Waals surface area contributed by atoms with E-state index in [1.54, 1.807) is 0 Å². The predicted octanol–water partition coefficient (Wildman–Crippen LogP) is 10.2. The van der Waals surface area contributed by atoms with Gasteiger partial charge in [0.1, 0.15) is 11.2 Å². The number of pyridine rings is 1. The van der Waals surface area contributed by atoms with Gasteiger partial charge in [0.25, 0.3) is 0 Å². The number of aliphatic hydroxyl groups is 1. The van der Waals surface area contributed by atoms with Crippen LogP contribution in [0.25, 0.3) is 71.3 Å². The van der Waals surface area contributed by atoms with Crippen molar-refractivity contribution in [2.75, 3.05) is 0 Å². The Morgan fingerprint density at radius 2 is 1.58 bits per heavy atom. The van der Waals surface area contributed by atoms with Crippen molar-refractivity contribution in [2.45, 2.75) is 41.0 Å². The molecule has 0 aliphatic rings. The number of ketones is 1. The fraction of sp³-hybridized carbons (Fsp3) is 0.179. The summed E-state index contributed by atoms with van der Waals surface area (Å²) in [5.74, 6) is -0.0625. The normalized spacial score (nSPS) is 12.3. The predicted molar refractivity (Wildman–Crippen MR) is 181 cm³/mol. The molecule has 45 heavy (non-hydrogen) atoms. The molecule has 227 valence electrons. The summed E-state index contributed by atoms with van der Waals surface area (Å²) in [4.78, 5) is 14.6. The number of hydrogen-bond donors (Lipinski definition) is 1. The Morgan fingerprint density at radius 3 is 2.22 bits per heavy atom. The zero-order valence-electron chi connectivity index (χ0n) is 25.9. The number of benzene rings is 4. The summed E-state index contributed by atoms with van der Waals surface area (Å²) in [5.41, 5.74) is 9.04. The van der Waals surface area contributed by atoms with Crippen LogP contribution in [0.5, 0.6) is 0 Å². The molecule has 5 nitrogen and oxygen atoms in total. The van der Waals surface area contributed by atoms with Gasteiger partial charge in [-0.15, -0.1) is 23.8 Å². The van der Waals surface area contributed by atoms with Crippen LogP contribution in [-0.2, 0) is 31.3 Å². The number of furan rings is 1. The minimum absolute atomic E-state index is 0. The van der Waals surface area contributed by atoms with Gasteiger partial charge in [-0.1, -0.05) is 62.6 Å². The number of para-hydroxylation sites is 1. The minimum atomic E-state index is -0.125. The molecule has 4 aromatic heterocycles. The molecule has 1 radical (unpaired) electrons. The molecule has 0 aliphatic carbocycles. The number of aliphatic hydroxyl groups excluding tert-OH is 1. The average molecular weight is 770 g/mol. The summed E-state index contributed by atoms with van der Waals surface area (Å²) in [6.07, 6.45) is 4.02. The van der Waals surface area contributed by atoms with E-state index < -0.39 is 0 Å². The molecule has 0 fully saturated rings. The van der Waals surface area contributed by atoms with Gasteiger partial charge >= 0.3 is 0 Å². The average Bonchev–Trinajstić information content (AvgIpc) is 3.60. The molecule has 0 unspecified atom stereocenters. The first kappa shape index (κ1) is 30.5. The SMILES string of the molecule is CC(=O)/C=C(/C)O.CC(C)(C)Cc1cc2c3cc(-c4ccccn4)[c-]cc3n3c4cc5c(cc4c(c1)c23)oc1ccccc15.[Ir]. The maximum Gasteiger partial charge on any atom is 0.155 e. The third kappa shape index (κ3) is 5.50. The van der Waals surface area contributed by atoms with Crippen LogP contribution in [0, 0.1) is 11.5 Å². The Kier molecular flexibility index (Phi) is 7.76. The standard InChI is InChI=1S/C34H25N2O.C5H8O2.Ir/c1-34(2,3)19-20-14-26-23-16-21(28-9-6-7-13-35-28)11-12-29(23)36-30-17-25-22-8-4-5-10-31(22)37-32(25)18-24(30)27(15-20)33(26)36;1-4(6)3-5(2)7;/h4-10,12-18H,19H2,1-3H3;3,6H,1-2H3;/q-1;;/b;4-3-;. The van der Waals surface area contributed by atoms with Crippen LogP contribution < -0.4 is 0 Å². The minimum Gasteiger partial charge on any atom is -0.512 e. The molecule has 0 amide bonds. The van der Waals surface area contributed by atoms with E-state index in [2.05, 4.69) is 90.8 Å². The van der Waals surface area contributed by atoms with Crippen LogP contribution in [-0.4, -0.2) is 20.3 Å². The van der Waals surface area contributed by atoms with Crippen molar-refractivity contribution in [1.82, 2.24) is 9.38 Å². The largest absolute Gasteiger partial charge is 0.512 e. The number of allylic oxidation sites excluding steroid dienone is 2. The van der Waals surface area contributed by atoms with E-state index in [4.69, 9.17) is 9.52 Å². The maximum atomic E-state index is 10.0. The molecule has 1 N–H and O–H groups in total. The van der Waals surface area contributed by atoms with Crippen LogP contribution in [0.1, 0.15) is 40.2 Å². The molecule has 8 rings (SSSR count). The molecule has 0 bridgehead atoms. The second-order valence-electron chi connectivity index (χ2n) is 12.8. The number of aromatic nitrogens is 2. The Balaban J connectivity index is 0.000000404. The van der Waals surface area contributed by atoms with Crippen molar-refractivity contribution in [2.24, 2.45) is 5.41 Å². The van der Waals surface area contributed by atoms with E-state index in [9.17, 15) is 4.79 Å². The van der Waals surface area contributed by atoms with E-state index in [0.717, 1.165) is 39.6 Å². The summed E-state index contributed by atoms with van der Waals surface area (Å²) >= 11 is 0. The summed E-state index contributed by atoms with van der Waals surface area (Å²) < 4.78 is 8.72. The van der Waals surface area contributed by atoms with E-state index in [-0.39, 0.29) is 37.1 Å². The molecule has 4 aromatic carbocycles. The molecule has 0 atom stereocenters. The van der Waals surface area contributed by atoms with Crippen molar-refractivity contribution in [3.05, 3.63) is 109 Å². The Hall–Kier alpha value is -4.51. The van der Waals surface area contributed by atoms with Crippen LogP contribution in [0.4, 0.5) is 0 Å². The van der Waals surface area contributed by atoms with Gasteiger partial charge in [0, 0.05) is 59.4 Å². The van der Waals surface area contributed by atoms with Crippen LogP contribution in [0.3, 0.4) is 0 Å². The van der Waals surface area contributed by atoms with Gasteiger partial charge < -0.3 is 18.9 Å². The van der Waals surface area contributed by atoms with Crippen LogP contribution in [0.2, 0.25) is 0 Å². The van der Waals surface area contributed by atoms with Gasteiger partial charge in [0.15, 0.2) is 5.78 Å². The number of carbonyl (C=O) groups excluding carboxylic acids is 1. The molecule has 0 spiro atoms. The summed E-state index contributed by atoms with van der Waals surface area (Å²) in [6, 6.07) is 31.6. The Morgan fingerprint density at radius 1 is 0.867 bits per heavy atom. The summed E-state index contributed by atoms with van der Waals surface area (Å²) in [7, 11) is 0. The fourth-order valence-electron chi connectivity index (χ4n) is 6.44. The maximum absolute atomic E-state index is 10.0. The van der Waals surface area contributed by atoms with E-state index in [1.807, 2.05) is 30.5 Å². The van der Waals surface area contributed by atoms with Crippen LogP contribution >= 0.6 is 0 Å². The summed E-state index contributed by atoms with van der Waals surface area (Å²) in [5, 5.41) is 15.7. The third-order valence-corrected chi connectivity index (χ3v) is 7.97. The van der Waals surface area contributed by atoms with Crippen molar-refractivity contribution in [3.63, 3.8) is 0 Å². The number of carbonyl (C=O) groups is 1. The van der Waals surface area contributed by atoms with Gasteiger partial charge in [0.2, 0.25) is 0 Å². The first-order chi connectivity index (χ1) is 21.1. The first-order valence-electron chi connectivity index (χ1n) is 14.9. The number of nitrogens with zero attached hydrogens (tertiary/aromatic N) is 2. The monoisotopic (exact) mass is 770 g/mol. The van der Waals surface area contributed by atoms with E-state index in [1.165, 1.54) is 63.6 Å². The second-order valence-corrected chi connectivity index (χ2v) is 12.8. The van der Waals surface area contributed by atoms with Gasteiger partial charge in [-0.05, 0) is 78.2 Å². The second kappa shape index (κ2) is 11.4. The molecule has 4 heterocycles. The topological polar surface area (TPSA) is 67.7 Å².